The Kier molecular flexibility index (Phi) is 8.49. The predicted octanol–water partition coefficient (Wildman–Crippen LogP) is 3.20. The van der Waals surface area contributed by atoms with Crippen LogP contribution < -0.4 is 25.4 Å². The number of sulfonamides is 1. The van der Waals surface area contributed by atoms with Gasteiger partial charge in [0, 0.05) is 12.1 Å². The number of nitrogens with zero attached hydrogens (tertiary/aromatic N) is 2. The van der Waals surface area contributed by atoms with Crippen LogP contribution >= 0.6 is 23.2 Å². The fourth-order valence-electron chi connectivity index (χ4n) is 3.90. The van der Waals surface area contributed by atoms with Gasteiger partial charge in [-0.25, -0.2) is 26.7 Å². The lowest BCUT2D eigenvalue weighted by atomic mass is 9.81. The van der Waals surface area contributed by atoms with E-state index in [2.05, 4.69) is 14.6 Å². The maximum absolute atomic E-state index is 13.1. The number of alkyl halides is 2. The predicted molar refractivity (Wildman–Crippen MR) is 137 cm³/mol. The Morgan fingerprint density at radius 1 is 1.15 bits per heavy atom. The second-order valence-electron chi connectivity index (χ2n) is 8.52. The Labute approximate surface area is 234 Å². The van der Waals surface area contributed by atoms with Crippen molar-refractivity contribution in [1.29, 1.82) is 0 Å². The summed E-state index contributed by atoms with van der Waals surface area (Å²) in [6.45, 7) is 0. The minimum Gasteiger partial charge on any atom is -0.495 e. The van der Waals surface area contributed by atoms with Crippen molar-refractivity contribution in [1.82, 2.24) is 19.5 Å². The molecule has 0 bridgehead atoms. The number of methoxy groups -OCH3 is 2. The molecular weight excluding hydrogens is 601 g/mol. The quantitative estimate of drug-likeness (QED) is 0.342. The number of carbonyl (C=O) groups is 1. The van der Waals surface area contributed by atoms with Crippen LogP contribution in [0.25, 0.3) is 5.69 Å². The number of nitrogens with one attached hydrogen (secondary N) is 2. The first-order chi connectivity index (χ1) is 18.8. The molecule has 0 unspecified atom stereocenters. The van der Waals surface area contributed by atoms with Gasteiger partial charge < -0.3 is 14.2 Å². The molecule has 0 saturated heterocycles. The van der Waals surface area contributed by atoms with Gasteiger partial charge in [-0.3, -0.25) is 14.6 Å². The number of halogens is 4. The summed E-state index contributed by atoms with van der Waals surface area (Å²) in [4.78, 5) is 36.8. The number of ether oxygens (including phenoxy) is 3. The van der Waals surface area contributed by atoms with Crippen LogP contribution in [0.4, 0.5) is 8.78 Å². The van der Waals surface area contributed by atoms with Crippen LogP contribution in [0.3, 0.4) is 0 Å². The van der Waals surface area contributed by atoms with Crippen LogP contribution in [0.15, 0.2) is 44.8 Å². The summed E-state index contributed by atoms with van der Waals surface area (Å²) in [6.07, 6.45) is -2.71. The second-order valence-corrected chi connectivity index (χ2v) is 11.0. The summed E-state index contributed by atoms with van der Waals surface area (Å²) in [5.74, 6) is -0.975. The van der Waals surface area contributed by atoms with E-state index in [4.69, 9.17) is 32.7 Å². The number of hydrogen-bond donors (Lipinski definition) is 2. The number of H-pyrrole nitrogens is 1. The number of aromatic nitrogens is 3. The van der Waals surface area contributed by atoms with Crippen molar-refractivity contribution in [2.45, 2.75) is 30.2 Å². The number of carbonyl (C=O) groups excluding carboxylic acids is 1. The molecule has 3 aromatic rings. The summed E-state index contributed by atoms with van der Waals surface area (Å²) in [7, 11) is -1.59. The highest BCUT2D eigenvalue weighted by molar-refractivity contribution is 7.89. The number of hydrogen-bond acceptors (Lipinski definition) is 9. The minimum atomic E-state index is -4.13. The number of aromatic amines is 1. The standard InChI is InChI=1S/C23H20Cl2F2N4O8S/c1-37-16-4-3-13(9-17(16)40(35,36)30-11-5-10(6-11)22(33)38-2)39-19-14(24)7-12(8-15(19)25)31-23(34)28-21(32)18(29-31)20(26)27/h3-4,7-11,20,30H,5-6H2,1-2H3,(H,28,32,34). The molecule has 0 amide bonds. The van der Waals surface area contributed by atoms with Gasteiger partial charge in [0.2, 0.25) is 10.0 Å². The van der Waals surface area contributed by atoms with E-state index in [0.717, 1.165) is 12.1 Å². The topological polar surface area (TPSA) is 159 Å². The molecule has 214 valence electrons. The number of benzene rings is 2. The Bertz CT molecular complexity index is 1670. The average Bonchev–Trinajstić information content (AvgIpc) is 2.87. The maximum atomic E-state index is 13.1. The van der Waals surface area contributed by atoms with Crippen molar-refractivity contribution >= 4 is 39.2 Å². The lowest BCUT2D eigenvalue weighted by Crippen LogP contribution is -2.46. The summed E-state index contributed by atoms with van der Waals surface area (Å²) in [5.41, 5.74) is -3.79. The number of esters is 1. The Morgan fingerprint density at radius 3 is 2.38 bits per heavy atom. The molecule has 40 heavy (non-hydrogen) atoms. The Balaban J connectivity index is 1.62. The molecule has 12 nitrogen and oxygen atoms in total. The highest BCUT2D eigenvalue weighted by atomic mass is 35.5. The fraction of sp³-hybridized carbons (Fsp3) is 0.304. The van der Waals surface area contributed by atoms with E-state index in [1.54, 1.807) is 4.98 Å². The van der Waals surface area contributed by atoms with Gasteiger partial charge in [-0.2, -0.15) is 9.78 Å². The van der Waals surface area contributed by atoms with Crippen LogP contribution in [-0.2, 0) is 19.6 Å². The van der Waals surface area contributed by atoms with Crippen molar-refractivity contribution in [2.75, 3.05) is 14.2 Å². The molecule has 2 aromatic carbocycles. The third-order valence-electron chi connectivity index (χ3n) is 5.93. The lowest BCUT2D eigenvalue weighted by molar-refractivity contribution is -0.148. The molecule has 17 heteroatoms. The molecule has 1 aliphatic carbocycles. The molecular formula is C23H20Cl2F2N4O8S. The smallest absolute Gasteiger partial charge is 0.349 e. The molecule has 0 aliphatic heterocycles. The van der Waals surface area contributed by atoms with Crippen LogP contribution in [0, 0.1) is 5.92 Å². The molecule has 0 atom stereocenters. The van der Waals surface area contributed by atoms with Gasteiger partial charge in [0.15, 0.2) is 11.4 Å². The van der Waals surface area contributed by atoms with Crippen molar-refractivity contribution in [2.24, 2.45) is 5.92 Å². The first kappa shape index (κ1) is 29.5. The van der Waals surface area contributed by atoms with E-state index in [1.807, 2.05) is 0 Å². The van der Waals surface area contributed by atoms with Gasteiger partial charge in [-0.1, -0.05) is 23.2 Å². The molecule has 1 aromatic heterocycles. The van der Waals surface area contributed by atoms with Crippen LogP contribution in [0.1, 0.15) is 25.0 Å². The molecule has 1 saturated carbocycles. The summed E-state index contributed by atoms with van der Waals surface area (Å²) in [5, 5.41) is 3.00. The van der Waals surface area contributed by atoms with Crippen LogP contribution in [0.5, 0.6) is 17.2 Å². The van der Waals surface area contributed by atoms with Gasteiger partial charge in [-0.15, -0.1) is 0 Å². The van der Waals surface area contributed by atoms with E-state index < -0.39 is 51.3 Å². The SMILES string of the molecule is COC(=O)C1CC(NS(=O)(=O)c2cc(Oc3c(Cl)cc(-n4nc(C(F)F)c(=O)[nH]c4=O)cc3Cl)ccc2OC)C1. The van der Waals surface area contributed by atoms with Gasteiger partial charge in [0.1, 0.15) is 16.4 Å². The Hall–Kier alpha value is -3.53. The monoisotopic (exact) mass is 620 g/mol. The van der Waals surface area contributed by atoms with Gasteiger partial charge in [0.25, 0.3) is 12.0 Å². The van der Waals surface area contributed by atoms with Gasteiger partial charge >= 0.3 is 11.7 Å². The van der Waals surface area contributed by atoms with Crippen molar-refractivity contribution in [3.05, 3.63) is 66.9 Å². The minimum absolute atomic E-state index is 0.00888. The molecule has 0 spiro atoms. The largest absolute Gasteiger partial charge is 0.495 e. The first-order valence-corrected chi connectivity index (χ1v) is 13.6. The fourth-order valence-corrected chi connectivity index (χ4v) is 5.90. The highest BCUT2D eigenvalue weighted by Crippen LogP contribution is 2.40. The lowest BCUT2D eigenvalue weighted by Gasteiger charge is -2.33. The van der Waals surface area contributed by atoms with Crippen LogP contribution in [-0.4, -0.2) is 49.4 Å². The van der Waals surface area contributed by atoms with E-state index in [-0.39, 0.29) is 50.7 Å². The zero-order chi connectivity index (χ0) is 29.4. The van der Waals surface area contributed by atoms with Crippen LogP contribution in [0.2, 0.25) is 10.0 Å². The zero-order valence-corrected chi connectivity index (χ0v) is 22.9. The van der Waals surface area contributed by atoms with E-state index in [1.165, 1.54) is 32.4 Å². The molecule has 1 fully saturated rings. The Morgan fingerprint density at radius 2 is 1.80 bits per heavy atom. The third-order valence-corrected chi connectivity index (χ3v) is 8.03. The summed E-state index contributed by atoms with van der Waals surface area (Å²) in [6, 6.07) is 5.66. The molecule has 1 aliphatic rings. The molecule has 4 rings (SSSR count). The van der Waals surface area contributed by atoms with E-state index >= 15 is 0 Å². The average molecular weight is 621 g/mol. The van der Waals surface area contributed by atoms with Crippen molar-refractivity contribution in [3.8, 4) is 22.9 Å². The van der Waals surface area contributed by atoms with Gasteiger partial charge in [-0.05, 0) is 37.1 Å². The zero-order valence-electron chi connectivity index (χ0n) is 20.6. The number of rotatable bonds is 9. The first-order valence-electron chi connectivity index (χ1n) is 11.3. The summed E-state index contributed by atoms with van der Waals surface area (Å²) >= 11 is 12.6. The van der Waals surface area contributed by atoms with E-state index in [0.29, 0.717) is 4.68 Å². The highest BCUT2D eigenvalue weighted by Gasteiger charge is 2.38. The van der Waals surface area contributed by atoms with Crippen molar-refractivity contribution < 1.29 is 36.2 Å². The normalized spacial score (nSPS) is 16.9. The molecule has 0 radical (unpaired) electrons. The molecule has 1 heterocycles. The van der Waals surface area contributed by atoms with Crippen molar-refractivity contribution in [3.63, 3.8) is 0 Å². The van der Waals surface area contributed by atoms with Gasteiger partial charge in [0.05, 0.1) is 35.9 Å². The maximum Gasteiger partial charge on any atom is 0.349 e. The molecule has 2 N–H and O–H groups in total. The second kappa shape index (κ2) is 11.5. The third kappa shape index (κ3) is 5.96. The summed E-state index contributed by atoms with van der Waals surface area (Å²) < 4.78 is 71.0. The van der Waals surface area contributed by atoms with E-state index in [9.17, 15) is 31.6 Å².